The first kappa shape index (κ1) is 19.6. The van der Waals surface area contributed by atoms with Crippen molar-refractivity contribution in [3.05, 3.63) is 64.0 Å². The van der Waals surface area contributed by atoms with Crippen LogP contribution in [0.3, 0.4) is 0 Å². The average molecular weight is 403 g/mol. The largest absolute Gasteiger partial charge is 0.481 e. The Hall–Kier alpha value is -4.15. The number of nitrogens with zero attached hydrogens (tertiary/aromatic N) is 1. The van der Waals surface area contributed by atoms with Crippen molar-refractivity contribution in [2.75, 3.05) is 13.4 Å². The van der Waals surface area contributed by atoms with Crippen LogP contribution in [0.4, 0.5) is 10.1 Å². The second-order valence-electron chi connectivity index (χ2n) is 5.61. The zero-order valence-corrected chi connectivity index (χ0v) is 14.7. The number of amides is 2. The molecule has 2 aromatic rings. The number of nitrogens with one attached hydrogen (secondary N) is 2. The molecule has 0 saturated heterocycles. The molecule has 0 unspecified atom stereocenters. The average Bonchev–Trinajstić information content (AvgIpc) is 3.16. The molecular weight excluding hydrogens is 389 g/mol. The third kappa shape index (κ3) is 4.97. The Labute approximate surface area is 163 Å². The molecule has 2 amide bonds. The summed E-state index contributed by atoms with van der Waals surface area (Å²) in [5.74, 6) is -1.67. The number of benzene rings is 2. The molecule has 10 nitrogen and oxygen atoms in total. The van der Waals surface area contributed by atoms with Crippen LogP contribution in [-0.2, 0) is 9.59 Å². The Morgan fingerprint density at radius 1 is 1.21 bits per heavy atom. The van der Waals surface area contributed by atoms with E-state index < -0.39 is 29.2 Å². The maximum Gasteiger partial charge on any atom is 0.280 e. The number of nitro benzene ring substituents is 1. The van der Waals surface area contributed by atoms with Crippen molar-refractivity contribution in [1.82, 2.24) is 10.9 Å². The van der Waals surface area contributed by atoms with Crippen molar-refractivity contribution in [3.8, 4) is 17.2 Å². The van der Waals surface area contributed by atoms with Crippen molar-refractivity contribution < 1.29 is 33.1 Å². The number of nitro groups is 1. The highest BCUT2D eigenvalue weighted by atomic mass is 19.1. The number of rotatable bonds is 6. The third-order valence-corrected chi connectivity index (χ3v) is 3.65. The van der Waals surface area contributed by atoms with Gasteiger partial charge in [-0.2, -0.15) is 0 Å². The van der Waals surface area contributed by atoms with Gasteiger partial charge in [0.1, 0.15) is 0 Å². The normalized spacial score (nSPS) is 11.9. The van der Waals surface area contributed by atoms with Crippen molar-refractivity contribution in [2.24, 2.45) is 0 Å². The van der Waals surface area contributed by atoms with Gasteiger partial charge in [-0.1, -0.05) is 12.1 Å². The van der Waals surface area contributed by atoms with Gasteiger partial charge in [-0.25, -0.2) is 4.39 Å². The number of fused-ring (bicyclic) bond motifs is 1. The van der Waals surface area contributed by atoms with E-state index in [1.54, 1.807) is 0 Å². The smallest absolute Gasteiger partial charge is 0.280 e. The summed E-state index contributed by atoms with van der Waals surface area (Å²) >= 11 is 0. The van der Waals surface area contributed by atoms with Crippen molar-refractivity contribution in [1.29, 1.82) is 0 Å². The molecule has 0 aliphatic carbocycles. The summed E-state index contributed by atoms with van der Waals surface area (Å²) < 4.78 is 28.6. The maximum atomic E-state index is 13.4. The molecule has 3 rings (SSSR count). The first-order chi connectivity index (χ1) is 13.9. The quantitative estimate of drug-likeness (QED) is 0.427. The molecule has 0 spiro atoms. The van der Waals surface area contributed by atoms with E-state index in [1.165, 1.54) is 42.5 Å². The monoisotopic (exact) mass is 403 g/mol. The summed E-state index contributed by atoms with van der Waals surface area (Å²) in [5, 5.41) is 11.2. The predicted octanol–water partition coefficient (Wildman–Crippen LogP) is 1.70. The van der Waals surface area contributed by atoms with Gasteiger partial charge in [-0.15, -0.1) is 0 Å². The van der Waals surface area contributed by atoms with Crippen molar-refractivity contribution in [2.45, 2.75) is 0 Å². The van der Waals surface area contributed by atoms with Crippen molar-refractivity contribution >= 4 is 23.6 Å². The Morgan fingerprint density at radius 2 is 1.93 bits per heavy atom. The molecule has 1 aliphatic rings. The molecule has 150 valence electrons. The number of carbonyl (C=O) groups excluding carboxylic acids is 2. The van der Waals surface area contributed by atoms with Crippen LogP contribution in [0, 0.1) is 15.9 Å². The fourth-order valence-corrected chi connectivity index (χ4v) is 2.32. The zero-order chi connectivity index (χ0) is 20.8. The van der Waals surface area contributed by atoms with Gasteiger partial charge in [0.2, 0.25) is 6.79 Å². The Kier molecular flexibility index (Phi) is 5.88. The Morgan fingerprint density at radius 3 is 2.66 bits per heavy atom. The molecule has 0 bridgehead atoms. The summed E-state index contributed by atoms with van der Waals surface area (Å²) in [6.07, 6.45) is 2.18. The van der Waals surface area contributed by atoms with Gasteiger partial charge >= 0.3 is 0 Å². The number of halogens is 1. The minimum Gasteiger partial charge on any atom is -0.481 e. The molecule has 11 heteroatoms. The summed E-state index contributed by atoms with van der Waals surface area (Å²) in [7, 11) is 0. The van der Waals surface area contributed by atoms with Crippen LogP contribution < -0.4 is 25.1 Å². The highest BCUT2D eigenvalue weighted by molar-refractivity contribution is 5.94. The predicted molar refractivity (Wildman–Crippen MR) is 96.4 cm³/mol. The molecule has 0 saturated carbocycles. The number of hydrogen-bond acceptors (Lipinski definition) is 7. The van der Waals surface area contributed by atoms with Crippen LogP contribution in [0.2, 0.25) is 0 Å². The minimum absolute atomic E-state index is 0.0544. The van der Waals surface area contributed by atoms with E-state index >= 15 is 0 Å². The van der Waals surface area contributed by atoms with E-state index in [0.717, 1.165) is 6.08 Å². The van der Waals surface area contributed by atoms with Gasteiger partial charge in [0.15, 0.2) is 29.7 Å². The number of hydrazine groups is 1. The molecule has 0 aromatic heterocycles. The lowest BCUT2D eigenvalue weighted by molar-refractivity contribution is -0.385. The fourth-order valence-electron chi connectivity index (χ4n) is 2.32. The Bertz CT molecular complexity index is 993. The first-order valence-electron chi connectivity index (χ1n) is 8.16. The fraction of sp³-hybridized carbons (Fsp3) is 0.111. The maximum absolute atomic E-state index is 13.4. The standard InChI is InChI=1S/C18H14FN3O7/c19-12-3-1-2-4-14(12)27-9-18(24)21-20-17(23)6-5-11-7-15-16(29-10-28-15)8-13(11)22(25)26/h1-8H,9-10H2,(H,20,23)(H,21,24)/b6-5+. The van der Waals surface area contributed by atoms with Crippen LogP contribution in [0.15, 0.2) is 42.5 Å². The minimum atomic E-state index is -0.754. The number of hydrogen-bond donors (Lipinski definition) is 2. The molecule has 1 aliphatic heterocycles. The van der Waals surface area contributed by atoms with Gasteiger partial charge in [0.05, 0.1) is 16.6 Å². The van der Waals surface area contributed by atoms with Gasteiger partial charge < -0.3 is 14.2 Å². The number of carbonyl (C=O) groups is 2. The first-order valence-corrected chi connectivity index (χ1v) is 8.16. The molecule has 0 radical (unpaired) electrons. The summed E-state index contributed by atoms with van der Waals surface area (Å²) in [6, 6.07) is 8.10. The van der Waals surface area contributed by atoms with Crippen LogP contribution in [0.5, 0.6) is 17.2 Å². The highest BCUT2D eigenvalue weighted by Crippen LogP contribution is 2.38. The van der Waals surface area contributed by atoms with Gasteiger partial charge in [0, 0.05) is 6.08 Å². The zero-order valence-electron chi connectivity index (χ0n) is 14.7. The lowest BCUT2D eigenvalue weighted by atomic mass is 10.1. The highest BCUT2D eigenvalue weighted by Gasteiger charge is 2.22. The lowest BCUT2D eigenvalue weighted by Crippen LogP contribution is -2.43. The van der Waals surface area contributed by atoms with Crippen LogP contribution in [-0.4, -0.2) is 30.1 Å². The van der Waals surface area contributed by atoms with Gasteiger partial charge in [-0.3, -0.25) is 30.6 Å². The van der Waals surface area contributed by atoms with Crippen LogP contribution in [0.25, 0.3) is 6.08 Å². The summed E-state index contributed by atoms with van der Waals surface area (Å²) in [4.78, 5) is 34.0. The topological polar surface area (TPSA) is 129 Å². The number of ether oxygens (including phenoxy) is 3. The van der Waals surface area contributed by atoms with Crippen LogP contribution in [0.1, 0.15) is 5.56 Å². The lowest BCUT2D eigenvalue weighted by Gasteiger charge is -2.08. The molecule has 29 heavy (non-hydrogen) atoms. The van der Waals surface area contributed by atoms with E-state index in [9.17, 15) is 24.1 Å². The SMILES string of the molecule is O=C(/C=C/c1cc2c(cc1[N+](=O)[O-])OCO2)NNC(=O)COc1ccccc1F. The third-order valence-electron chi connectivity index (χ3n) is 3.65. The second kappa shape index (κ2) is 8.69. The van der Waals surface area contributed by atoms with Crippen molar-refractivity contribution in [3.63, 3.8) is 0 Å². The van der Waals surface area contributed by atoms with E-state index in [2.05, 4.69) is 10.9 Å². The molecule has 0 atom stereocenters. The van der Waals surface area contributed by atoms with E-state index in [4.69, 9.17) is 14.2 Å². The molecular formula is C18H14FN3O7. The van der Waals surface area contributed by atoms with Gasteiger partial charge in [-0.05, 0) is 24.3 Å². The molecule has 0 fully saturated rings. The molecule has 2 aromatic carbocycles. The summed E-state index contributed by atoms with van der Waals surface area (Å²) in [5.41, 5.74) is 3.99. The number of para-hydroxylation sites is 1. The second-order valence-corrected chi connectivity index (χ2v) is 5.61. The van der Waals surface area contributed by atoms with E-state index in [0.29, 0.717) is 5.75 Å². The summed E-state index contributed by atoms with van der Waals surface area (Å²) in [6.45, 7) is -0.584. The Balaban J connectivity index is 1.54. The van der Waals surface area contributed by atoms with Crippen LogP contribution >= 0.6 is 0 Å². The van der Waals surface area contributed by atoms with E-state index in [-0.39, 0.29) is 29.5 Å². The van der Waals surface area contributed by atoms with E-state index in [1.807, 2.05) is 0 Å². The van der Waals surface area contributed by atoms with Gasteiger partial charge in [0.25, 0.3) is 17.5 Å². The molecule has 2 N–H and O–H groups in total. The molecule has 1 heterocycles.